The van der Waals surface area contributed by atoms with Crippen molar-refractivity contribution < 1.29 is 15.3 Å². The molecule has 3 rings (SSSR count). The summed E-state index contributed by atoms with van der Waals surface area (Å²) in [6.07, 6.45) is 0. The Morgan fingerprint density at radius 2 is 0.696 bits per heavy atom. The fourth-order valence-corrected chi connectivity index (χ4v) is 2.74. The highest BCUT2D eigenvalue weighted by Gasteiger charge is 2.31. The van der Waals surface area contributed by atoms with Crippen LogP contribution >= 0.6 is 0 Å². The average Bonchev–Trinajstić information content (AvgIpc) is 2.56. The van der Waals surface area contributed by atoms with Crippen LogP contribution in [-0.2, 0) is 5.41 Å². The molecule has 0 aliphatic rings. The molecule has 0 heterocycles. The zero-order valence-electron chi connectivity index (χ0n) is 12.5. The zero-order chi connectivity index (χ0) is 16.4. The third kappa shape index (κ3) is 2.73. The average molecular weight is 305 g/mol. The Balaban J connectivity index is 2.21. The summed E-state index contributed by atoms with van der Waals surface area (Å²) in [5.41, 5.74) is 1.96. The molecule has 0 saturated carbocycles. The van der Waals surface area contributed by atoms with E-state index in [2.05, 4.69) is 6.92 Å². The summed E-state index contributed by atoms with van der Waals surface area (Å²) >= 11 is 0. The molecule has 3 heteroatoms. The molecule has 0 bridgehead atoms. The summed E-state index contributed by atoms with van der Waals surface area (Å²) < 4.78 is 0. The lowest BCUT2D eigenvalue weighted by molar-refractivity contribution is 0.475. The van der Waals surface area contributed by atoms with Gasteiger partial charge in [0, 0.05) is 5.41 Å². The summed E-state index contributed by atoms with van der Waals surface area (Å²) in [6.45, 7) is 4.42. The Bertz CT molecular complexity index is 677. The summed E-state index contributed by atoms with van der Waals surface area (Å²) in [5.74, 6) is 0.563. The van der Waals surface area contributed by atoms with Gasteiger partial charge in [0.05, 0.1) is 0 Å². The maximum atomic E-state index is 9.55. The molecule has 3 aromatic rings. The molecule has 3 aromatic carbocycles. The first-order valence-electron chi connectivity index (χ1n) is 7.24. The molecular weight excluding hydrogens is 288 g/mol. The van der Waals surface area contributed by atoms with Crippen LogP contribution in [0.5, 0.6) is 17.2 Å². The van der Waals surface area contributed by atoms with Crippen molar-refractivity contribution in [3.8, 4) is 17.2 Å². The zero-order valence-corrected chi connectivity index (χ0v) is 12.5. The van der Waals surface area contributed by atoms with Crippen LogP contribution in [0.15, 0.2) is 72.8 Å². The number of benzene rings is 3. The highest BCUT2D eigenvalue weighted by atomic mass is 16.3. The molecule has 0 amide bonds. The van der Waals surface area contributed by atoms with Gasteiger partial charge in [-0.2, -0.15) is 0 Å². The monoisotopic (exact) mass is 305 g/mol. The normalized spacial score (nSPS) is 11.3. The van der Waals surface area contributed by atoms with Gasteiger partial charge in [0.15, 0.2) is 0 Å². The van der Waals surface area contributed by atoms with Crippen molar-refractivity contribution in [1.82, 2.24) is 0 Å². The molecule has 3 N–H and O–H groups in total. The van der Waals surface area contributed by atoms with Gasteiger partial charge in [-0.25, -0.2) is 0 Å². The van der Waals surface area contributed by atoms with E-state index in [-0.39, 0.29) is 17.2 Å². The standard InChI is InChI=1S/C20H17O3/c1-20(14-2-8-17(21)9-3-14,15-4-10-18(22)11-5-15)16-6-12-19(23)13-7-16/h2-13,21-23H,1H2. The third-order valence-corrected chi connectivity index (χ3v) is 4.08. The molecule has 0 aliphatic heterocycles. The van der Waals surface area contributed by atoms with Gasteiger partial charge in [-0.3, -0.25) is 0 Å². The van der Waals surface area contributed by atoms with Gasteiger partial charge in [-0.1, -0.05) is 36.4 Å². The molecule has 0 saturated heterocycles. The maximum absolute atomic E-state index is 9.55. The van der Waals surface area contributed by atoms with Gasteiger partial charge in [-0.15, -0.1) is 0 Å². The lowest BCUT2D eigenvalue weighted by Crippen LogP contribution is -2.25. The van der Waals surface area contributed by atoms with Gasteiger partial charge in [0.2, 0.25) is 0 Å². The van der Waals surface area contributed by atoms with Crippen LogP contribution in [0, 0.1) is 6.92 Å². The smallest absolute Gasteiger partial charge is 0.115 e. The highest BCUT2D eigenvalue weighted by molar-refractivity contribution is 5.53. The van der Waals surface area contributed by atoms with E-state index < -0.39 is 5.41 Å². The van der Waals surface area contributed by atoms with Crippen LogP contribution in [0.25, 0.3) is 0 Å². The van der Waals surface area contributed by atoms with Crippen molar-refractivity contribution in [3.63, 3.8) is 0 Å². The first-order valence-corrected chi connectivity index (χ1v) is 7.24. The van der Waals surface area contributed by atoms with Crippen LogP contribution in [0.1, 0.15) is 16.7 Å². The predicted molar refractivity (Wildman–Crippen MR) is 89.6 cm³/mol. The SMILES string of the molecule is [CH2]C(c1ccc(O)cc1)(c1ccc(O)cc1)c1ccc(O)cc1. The van der Waals surface area contributed by atoms with E-state index in [1.54, 1.807) is 36.4 Å². The van der Waals surface area contributed by atoms with Crippen LogP contribution < -0.4 is 0 Å². The topological polar surface area (TPSA) is 60.7 Å². The molecular formula is C20H17O3. The van der Waals surface area contributed by atoms with E-state index in [0.717, 1.165) is 16.7 Å². The third-order valence-electron chi connectivity index (χ3n) is 4.08. The molecule has 0 aliphatic carbocycles. The number of phenolic OH excluding ortho intramolecular Hbond substituents is 3. The van der Waals surface area contributed by atoms with Gasteiger partial charge in [0.1, 0.15) is 17.2 Å². The second kappa shape index (κ2) is 5.69. The molecule has 0 spiro atoms. The van der Waals surface area contributed by atoms with Crippen molar-refractivity contribution in [2.24, 2.45) is 0 Å². The highest BCUT2D eigenvalue weighted by Crippen LogP contribution is 2.39. The number of hydrogen-bond acceptors (Lipinski definition) is 3. The number of rotatable bonds is 3. The van der Waals surface area contributed by atoms with Crippen molar-refractivity contribution in [1.29, 1.82) is 0 Å². The number of aromatic hydroxyl groups is 3. The Morgan fingerprint density at radius 1 is 0.478 bits per heavy atom. The second-order valence-corrected chi connectivity index (χ2v) is 5.55. The Kier molecular flexibility index (Phi) is 3.70. The molecule has 115 valence electrons. The summed E-state index contributed by atoms with van der Waals surface area (Å²) in [4.78, 5) is 0. The predicted octanol–water partition coefficient (Wildman–Crippen LogP) is 3.97. The van der Waals surface area contributed by atoms with Crippen LogP contribution in [0.3, 0.4) is 0 Å². The Morgan fingerprint density at radius 3 is 0.913 bits per heavy atom. The largest absolute Gasteiger partial charge is 0.508 e. The number of phenols is 3. The Labute approximate surface area is 135 Å². The van der Waals surface area contributed by atoms with Gasteiger partial charge < -0.3 is 15.3 Å². The first kappa shape index (κ1) is 15.0. The molecule has 3 nitrogen and oxygen atoms in total. The van der Waals surface area contributed by atoms with E-state index in [1.807, 2.05) is 36.4 Å². The molecule has 23 heavy (non-hydrogen) atoms. The molecule has 0 atom stereocenters. The quantitative estimate of drug-likeness (QED) is 0.642. The molecule has 0 aromatic heterocycles. The second-order valence-electron chi connectivity index (χ2n) is 5.55. The molecule has 1 radical (unpaired) electrons. The lowest BCUT2D eigenvalue weighted by Gasteiger charge is -2.31. The first-order chi connectivity index (χ1) is 11.0. The molecule has 0 unspecified atom stereocenters. The summed E-state index contributed by atoms with van der Waals surface area (Å²) in [5, 5.41) is 28.6. The van der Waals surface area contributed by atoms with E-state index in [4.69, 9.17) is 0 Å². The van der Waals surface area contributed by atoms with Crippen molar-refractivity contribution in [2.45, 2.75) is 5.41 Å². The minimum Gasteiger partial charge on any atom is -0.508 e. The minimum atomic E-state index is -0.727. The van der Waals surface area contributed by atoms with E-state index >= 15 is 0 Å². The van der Waals surface area contributed by atoms with E-state index in [9.17, 15) is 15.3 Å². The van der Waals surface area contributed by atoms with E-state index in [0.29, 0.717) is 0 Å². The minimum absolute atomic E-state index is 0.188. The summed E-state index contributed by atoms with van der Waals surface area (Å²) in [7, 11) is 0. The van der Waals surface area contributed by atoms with Crippen molar-refractivity contribution in [2.75, 3.05) is 0 Å². The Hall–Kier alpha value is -2.94. The van der Waals surface area contributed by atoms with E-state index in [1.165, 1.54) is 0 Å². The maximum Gasteiger partial charge on any atom is 0.115 e. The fourth-order valence-electron chi connectivity index (χ4n) is 2.74. The fraction of sp³-hybridized carbons (Fsp3) is 0.0500. The lowest BCUT2D eigenvalue weighted by atomic mass is 9.71. The van der Waals surface area contributed by atoms with Crippen molar-refractivity contribution >= 4 is 0 Å². The van der Waals surface area contributed by atoms with Gasteiger partial charge in [-0.05, 0) is 60.0 Å². The van der Waals surface area contributed by atoms with Crippen LogP contribution in [0.2, 0.25) is 0 Å². The van der Waals surface area contributed by atoms with Crippen LogP contribution in [0.4, 0.5) is 0 Å². The van der Waals surface area contributed by atoms with Crippen LogP contribution in [-0.4, -0.2) is 15.3 Å². The van der Waals surface area contributed by atoms with Gasteiger partial charge >= 0.3 is 0 Å². The van der Waals surface area contributed by atoms with Crippen molar-refractivity contribution in [3.05, 3.63) is 96.4 Å². The number of hydrogen-bond donors (Lipinski definition) is 3. The summed E-state index contributed by atoms with van der Waals surface area (Å²) in [6, 6.07) is 20.7. The molecule has 0 fully saturated rings. The van der Waals surface area contributed by atoms with Gasteiger partial charge in [0.25, 0.3) is 0 Å².